The van der Waals surface area contributed by atoms with Gasteiger partial charge in [0.25, 0.3) is 0 Å². The Morgan fingerprint density at radius 1 is 0.837 bits per heavy atom. The van der Waals surface area contributed by atoms with E-state index in [1.165, 1.54) is 30.3 Å². The van der Waals surface area contributed by atoms with Crippen LogP contribution in [0.15, 0.2) is 66.9 Å². The van der Waals surface area contributed by atoms with E-state index in [-0.39, 0.29) is 23.9 Å². The van der Waals surface area contributed by atoms with E-state index < -0.39 is 17.0 Å². The molecule has 1 aromatic heterocycles. The van der Waals surface area contributed by atoms with Crippen LogP contribution in [0.1, 0.15) is 76.7 Å². The first-order valence-corrected chi connectivity index (χ1v) is 16.9. The lowest BCUT2D eigenvalue weighted by atomic mass is 9.94. The predicted octanol–water partition coefficient (Wildman–Crippen LogP) is 8.93. The number of ether oxygens (including phenoxy) is 3. The number of ketones is 2. The van der Waals surface area contributed by atoms with Crippen molar-refractivity contribution < 1.29 is 37.4 Å². The van der Waals surface area contributed by atoms with E-state index in [1.54, 1.807) is 43.6 Å². The number of hydrogen-bond donors (Lipinski definition) is 1. The third-order valence-corrected chi connectivity index (χ3v) is 8.78. The van der Waals surface area contributed by atoms with Crippen molar-refractivity contribution >= 4 is 34.1 Å². The Balaban J connectivity index is 1.16. The molecule has 0 bridgehead atoms. The average Bonchev–Trinajstić information content (AvgIpc) is 3.91. The van der Waals surface area contributed by atoms with E-state index in [2.05, 4.69) is 10.3 Å². The quantitative estimate of drug-likeness (QED) is 0.0784. The average molecular weight is 673 g/mol. The molecule has 4 aromatic rings. The fourth-order valence-electron chi connectivity index (χ4n) is 5.81. The smallest absolute Gasteiger partial charge is 0.238 e. The van der Waals surface area contributed by atoms with Gasteiger partial charge in [-0.05, 0) is 105 Å². The summed E-state index contributed by atoms with van der Waals surface area (Å²) < 4.78 is 46.0. The number of aromatic nitrogens is 1. The van der Waals surface area contributed by atoms with E-state index in [4.69, 9.17) is 14.2 Å². The number of nitrogens with zero attached hydrogens (tertiary/aromatic N) is 1. The molecule has 1 saturated carbocycles. The summed E-state index contributed by atoms with van der Waals surface area (Å²) in [4.78, 5) is 42.0. The van der Waals surface area contributed by atoms with Crippen molar-refractivity contribution in [3.8, 4) is 23.0 Å². The highest BCUT2D eigenvalue weighted by Gasteiger charge is 2.55. The van der Waals surface area contributed by atoms with Crippen LogP contribution >= 0.6 is 0 Å². The first kappa shape index (κ1) is 35.4. The van der Waals surface area contributed by atoms with E-state index in [1.807, 2.05) is 6.92 Å². The first-order valence-electron chi connectivity index (χ1n) is 16.9. The molecule has 0 aliphatic heterocycles. The summed E-state index contributed by atoms with van der Waals surface area (Å²) in [6.45, 7) is 2.46. The van der Waals surface area contributed by atoms with Crippen molar-refractivity contribution in [2.75, 3.05) is 19.0 Å². The number of rotatable bonds is 19. The van der Waals surface area contributed by atoms with Crippen molar-refractivity contribution in [1.82, 2.24) is 4.98 Å². The molecule has 1 aliphatic rings. The summed E-state index contributed by atoms with van der Waals surface area (Å²) in [6, 6.07) is 15.3. The molecular formula is C39H42F2N2O6. The van der Waals surface area contributed by atoms with Crippen molar-refractivity contribution in [3.05, 3.63) is 84.1 Å². The third-order valence-electron chi connectivity index (χ3n) is 8.78. The van der Waals surface area contributed by atoms with Crippen LogP contribution in [0.25, 0.3) is 10.9 Å². The molecule has 0 atom stereocenters. The van der Waals surface area contributed by atoms with Gasteiger partial charge < -0.3 is 19.5 Å². The zero-order valence-corrected chi connectivity index (χ0v) is 28.0. The van der Waals surface area contributed by atoms with E-state index in [0.717, 1.165) is 25.7 Å². The number of methoxy groups -OCH3 is 1. The minimum absolute atomic E-state index is 0.0395. The molecule has 0 saturated heterocycles. The number of Topliss-reactive ketones (excluding diaryl/α,β-unsaturated/α-hetero) is 2. The molecule has 258 valence electrons. The number of pyridine rings is 1. The lowest BCUT2D eigenvalue weighted by Crippen LogP contribution is -2.31. The number of carbonyl (C=O) groups excluding carboxylic acids is 3. The highest BCUT2D eigenvalue weighted by Crippen LogP contribution is 2.48. The first-order chi connectivity index (χ1) is 23.7. The van der Waals surface area contributed by atoms with Crippen LogP contribution in [0.2, 0.25) is 0 Å². The minimum atomic E-state index is -1.05. The molecule has 49 heavy (non-hydrogen) atoms. The Labute approximate surface area is 285 Å². The van der Waals surface area contributed by atoms with Crippen molar-refractivity contribution in [2.45, 2.75) is 77.6 Å². The monoisotopic (exact) mass is 672 g/mol. The second kappa shape index (κ2) is 16.5. The van der Waals surface area contributed by atoms with Crippen LogP contribution in [-0.4, -0.2) is 36.2 Å². The second-order valence-electron chi connectivity index (χ2n) is 12.5. The van der Waals surface area contributed by atoms with Crippen LogP contribution < -0.4 is 19.5 Å². The van der Waals surface area contributed by atoms with E-state index in [0.29, 0.717) is 90.3 Å². The number of hydrogen-bond acceptors (Lipinski definition) is 7. The summed E-state index contributed by atoms with van der Waals surface area (Å²) in [6.07, 6.45) is 8.23. The number of nitrogens with one attached hydrogen (secondary N) is 1. The Bertz CT molecular complexity index is 1790. The highest BCUT2D eigenvalue weighted by atomic mass is 19.1. The summed E-state index contributed by atoms with van der Waals surface area (Å²) >= 11 is 0. The molecule has 1 amide bonds. The van der Waals surface area contributed by atoms with Gasteiger partial charge in [-0.15, -0.1) is 0 Å². The zero-order chi connectivity index (χ0) is 34.8. The Morgan fingerprint density at radius 3 is 2.35 bits per heavy atom. The van der Waals surface area contributed by atoms with Gasteiger partial charge in [0.15, 0.2) is 23.1 Å². The summed E-state index contributed by atoms with van der Waals surface area (Å²) in [5.41, 5.74) is 0.691. The number of benzene rings is 3. The van der Waals surface area contributed by atoms with E-state index >= 15 is 4.39 Å². The fourth-order valence-corrected chi connectivity index (χ4v) is 5.81. The van der Waals surface area contributed by atoms with Crippen LogP contribution in [0.5, 0.6) is 23.0 Å². The normalized spacial score (nSPS) is 13.1. The van der Waals surface area contributed by atoms with Crippen LogP contribution in [0, 0.1) is 17.0 Å². The Morgan fingerprint density at radius 2 is 1.63 bits per heavy atom. The van der Waals surface area contributed by atoms with Gasteiger partial charge >= 0.3 is 0 Å². The fraction of sp³-hybridized carbons (Fsp3) is 0.385. The van der Waals surface area contributed by atoms with Crippen molar-refractivity contribution in [3.63, 3.8) is 0 Å². The lowest BCUT2D eigenvalue weighted by Gasteiger charge is -2.15. The molecule has 0 unspecified atom stereocenters. The maximum atomic E-state index is 15.3. The molecule has 5 rings (SSSR count). The summed E-state index contributed by atoms with van der Waals surface area (Å²) in [5.74, 6) is 0.303. The largest absolute Gasteiger partial charge is 0.493 e. The highest BCUT2D eigenvalue weighted by molar-refractivity contribution is 6.13. The maximum Gasteiger partial charge on any atom is 0.238 e. The third kappa shape index (κ3) is 9.19. The van der Waals surface area contributed by atoms with Crippen LogP contribution in [0.3, 0.4) is 0 Å². The minimum Gasteiger partial charge on any atom is -0.493 e. The lowest BCUT2D eigenvalue weighted by molar-refractivity contribution is -0.133. The van der Waals surface area contributed by atoms with Gasteiger partial charge in [0, 0.05) is 42.6 Å². The predicted molar refractivity (Wildman–Crippen MR) is 183 cm³/mol. The van der Waals surface area contributed by atoms with Gasteiger partial charge in [-0.1, -0.05) is 13.0 Å². The molecule has 1 fully saturated rings. The van der Waals surface area contributed by atoms with Crippen molar-refractivity contribution in [2.24, 2.45) is 5.41 Å². The van der Waals surface area contributed by atoms with Gasteiger partial charge in [-0.25, -0.2) is 8.78 Å². The van der Waals surface area contributed by atoms with Gasteiger partial charge in [0.05, 0.1) is 19.2 Å². The number of fused-ring (bicyclic) bond motifs is 1. The molecule has 0 radical (unpaired) electrons. The number of unbranched alkanes of at least 4 members (excludes halogenated alkanes) is 2. The standard InChI is InChI=1S/C39H42F2N2O6/c1-3-8-29(44)10-5-4-6-22-48-36-24-30-32(25-35(36)47-2)42-21-18-33(30)49-34-17-12-26(23-31(34)41)9-7-11-37(45)39(19-20-39)38(46)43-28-15-13-27(40)14-16-28/h12-18,21,23-25H,3-11,19-20,22H2,1-2H3,(H,43,46). The van der Waals surface area contributed by atoms with Crippen molar-refractivity contribution in [1.29, 1.82) is 0 Å². The molecule has 1 aliphatic carbocycles. The number of halogens is 2. The molecule has 10 heteroatoms. The summed E-state index contributed by atoms with van der Waals surface area (Å²) in [7, 11) is 1.55. The zero-order valence-electron chi connectivity index (χ0n) is 28.0. The van der Waals surface area contributed by atoms with Gasteiger partial charge in [0.2, 0.25) is 5.91 Å². The van der Waals surface area contributed by atoms with Gasteiger partial charge in [-0.2, -0.15) is 0 Å². The number of anilines is 1. The Hall–Kier alpha value is -4.86. The molecule has 3 aromatic carbocycles. The summed E-state index contributed by atoms with van der Waals surface area (Å²) in [5, 5.41) is 3.35. The second-order valence-corrected chi connectivity index (χ2v) is 12.5. The number of aryl methyl sites for hydroxylation is 1. The molecule has 0 spiro atoms. The Kier molecular flexibility index (Phi) is 11.9. The molecule has 1 heterocycles. The molecule has 8 nitrogen and oxygen atoms in total. The number of carbonyl (C=O) groups is 3. The topological polar surface area (TPSA) is 104 Å². The van der Waals surface area contributed by atoms with E-state index in [9.17, 15) is 18.8 Å². The molecule has 1 N–H and O–H groups in total. The SMILES string of the molecule is CCCC(=O)CCCCCOc1cc2c(Oc3ccc(CCCC(=O)C4(C(=O)Nc5ccc(F)cc5)CC4)cc3F)ccnc2cc1OC. The number of amides is 1. The van der Waals surface area contributed by atoms with Gasteiger partial charge in [-0.3, -0.25) is 19.4 Å². The van der Waals surface area contributed by atoms with Crippen LogP contribution in [-0.2, 0) is 20.8 Å². The van der Waals surface area contributed by atoms with Gasteiger partial charge in [0.1, 0.15) is 28.5 Å². The molecular weight excluding hydrogens is 630 g/mol. The van der Waals surface area contributed by atoms with Crippen LogP contribution in [0.4, 0.5) is 14.5 Å². The maximum absolute atomic E-state index is 15.3.